The topological polar surface area (TPSA) is 80.1 Å². The number of amides is 2. The van der Waals surface area contributed by atoms with Gasteiger partial charge >= 0.3 is 6.03 Å². The molecule has 0 aliphatic heterocycles. The molecule has 3 rings (SSSR count). The average Bonchev–Trinajstić information content (AvgIpc) is 3.12. The minimum absolute atomic E-state index is 0.342. The van der Waals surface area contributed by atoms with Gasteiger partial charge in [-0.25, -0.2) is 4.79 Å². The molecule has 0 radical (unpaired) electrons. The summed E-state index contributed by atoms with van der Waals surface area (Å²) in [5.41, 5.74) is 0.444. The maximum absolute atomic E-state index is 11.9. The van der Waals surface area contributed by atoms with E-state index in [2.05, 4.69) is 20.8 Å². The number of halogens is 2. The van der Waals surface area contributed by atoms with Crippen LogP contribution in [0.2, 0.25) is 10.0 Å². The highest BCUT2D eigenvalue weighted by Gasteiger charge is 2.12. The van der Waals surface area contributed by atoms with Gasteiger partial charge in [-0.3, -0.25) is 5.32 Å². The zero-order valence-electron chi connectivity index (χ0n) is 10.8. The number of nitrogens with zero attached hydrogens (tertiary/aromatic N) is 2. The highest BCUT2D eigenvalue weighted by atomic mass is 35.5. The lowest BCUT2D eigenvalue weighted by molar-refractivity contribution is 0.262. The van der Waals surface area contributed by atoms with Crippen LogP contribution >= 0.6 is 34.5 Å². The van der Waals surface area contributed by atoms with Crippen LogP contribution in [0.4, 0.5) is 15.6 Å². The molecule has 0 atom stereocenters. The van der Waals surface area contributed by atoms with E-state index in [0.717, 1.165) is 0 Å². The number of carbonyl (C=O) groups excluding carboxylic acids is 1. The molecule has 1 aromatic carbocycles. The molecule has 0 bridgehead atoms. The summed E-state index contributed by atoms with van der Waals surface area (Å²) in [6, 6.07) is 7.81. The molecule has 0 saturated heterocycles. The maximum atomic E-state index is 11.9. The minimum atomic E-state index is -0.480. The number of hydrogen-bond acceptors (Lipinski definition) is 5. The second-order valence-corrected chi connectivity index (χ2v) is 5.91. The summed E-state index contributed by atoms with van der Waals surface area (Å²) >= 11 is 13.0. The average molecular weight is 355 g/mol. The van der Waals surface area contributed by atoms with Gasteiger partial charge in [0, 0.05) is 5.02 Å². The molecule has 9 heteroatoms. The molecule has 0 saturated carbocycles. The third kappa shape index (κ3) is 3.38. The molecule has 2 N–H and O–H groups in total. The number of nitrogens with one attached hydrogen (secondary N) is 2. The van der Waals surface area contributed by atoms with Crippen molar-refractivity contribution in [3.8, 4) is 10.8 Å². The SMILES string of the molecule is O=C(Nc1nnc(-c2ccco2)s1)Nc1ccc(Cl)cc1Cl. The van der Waals surface area contributed by atoms with Crippen LogP contribution in [0.15, 0.2) is 41.0 Å². The minimum Gasteiger partial charge on any atom is -0.462 e. The van der Waals surface area contributed by atoms with Crippen LogP contribution in [0.3, 0.4) is 0 Å². The van der Waals surface area contributed by atoms with E-state index in [1.165, 1.54) is 11.3 Å². The highest BCUT2D eigenvalue weighted by molar-refractivity contribution is 7.18. The van der Waals surface area contributed by atoms with Gasteiger partial charge in [0.25, 0.3) is 0 Å². The molecule has 0 unspecified atom stereocenters. The largest absolute Gasteiger partial charge is 0.462 e. The van der Waals surface area contributed by atoms with Crippen molar-refractivity contribution in [1.29, 1.82) is 0 Å². The predicted octanol–water partition coefficient (Wildman–Crippen LogP) is 4.75. The van der Waals surface area contributed by atoms with E-state index >= 15 is 0 Å². The fraction of sp³-hybridized carbons (Fsp3) is 0. The van der Waals surface area contributed by atoms with E-state index in [4.69, 9.17) is 27.6 Å². The van der Waals surface area contributed by atoms with Crippen molar-refractivity contribution < 1.29 is 9.21 Å². The molecule has 2 aromatic heterocycles. The molecule has 2 amide bonds. The number of carbonyl (C=O) groups is 1. The molecular weight excluding hydrogens is 347 g/mol. The Morgan fingerprint density at radius 3 is 2.77 bits per heavy atom. The van der Waals surface area contributed by atoms with Crippen molar-refractivity contribution >= 4 is 51.4 Å². The van der Waals surface area contributed by atoms with Gasteiger partial charge in [-0.15, -0.1) is 10.2 Å². The van der Waals surface area contributed by atoms with Crippen LogP contribution in [0.1, 0.15) is 0 Å². The van der Waals surface area contributed by atoms with Crippen LogP contribution in [-0.4, -0.2) is 16.2 Å². The van der Waals surface area contributed by atoms with E-state index < -0.39 is 6.03 Å². The van der Waals surface area contributed by atoms with E-state index in [1.807, 2.05) is 0 Å². The summed E-state index contributed by atoms with van der Waals surface area (Å²) in [7, 11) is 0. The van der Waals surface area contributed by atoms with Gasteiger partial charge in [0.05, 0.1) is 17.0 Å². The molecule has 3 aromatic rings. The fourth-order valence-corrected chi connectivity index (χ4v) is 2.78. The van der Waals surface area contributed by atoms with Crippen LogP contribution in [0, 0.1) is 0 Å². The van der Waals surface area contributed by atoms with Gasteiger partial charge in [0.15, 0.2) is 10.8 Å². The molecule has 6 nitrogen and oxygen atoms in total. The lowest BCUT2D eigenvalue weighted by Crippen LogP contribution is -2.19. The van der Waals surface area contributed by atoms with Crippen LogP contribution in [-0.2, 0) is 0 Å². The lowest BCUT2D eigenvalue weighted by Gasteiger charge is -2.07. The Balaban J connectivity index is 1.67. The second kappa shape index (κ2) is 6.35. The van der Waals surface area contributed by atoms with E-state index in [-0.39, 0.29) is 0 Å². The van der Waals surface area contributed by atoms with Crippen LogP contribution < -0.4 is 10.6 Å². The first kappa shape index (κ1) is 14.8. The first-order valence-electron chi connectivity index (χ1n) is 6.02. The number of urea groups is 1. The molecule has 0 aliphatic rings. The smallest absolute Gasteiger partial charge is 0.325 e. The molecule has 0 fully saturated rings. The van der Waals surface area contributed by atoms with Crippen molar-refractivity contribution in [2.75, 3.05) is 10.6 Å². The van der Waals surface area contributed by atoms with E-state index in [0.29, 0.717) is 31.6 Å². The van der Waals surface area contributed by atoms with Crippen molar-refractivity contribution in [2.24, 2.45) is 0 Å². The van der Waals surface area contributed by atoms with Crippen molar-refractivity contribution in [3.63, 3.8) is 0 Å². The monoisotopic (exact) mass is 354 g/mol. The summed E-state index contributed by atoms with van der Waals surface area (Å²) in [6.07, 6.45) is 1.54. The van der Waals surface area contributed by atoms with Crippen molar-refractivity contribution in [2.45, 2.75) is 0 Å². The third-order valence-electron chi connectivity index (χ3n) is 2.56. The Bertz CT molecular complexity index is 804. The van der Waals surface area contributed by atoms with Crippen LogP contribution in [0.25, 0.3) is 10.8 Å². The van der Waals surface area contributed by atoms with Gasteiger partial charge < -0.3 is 9.73 Å². The Morgan fingerprint density at radius 1 is 1.18 bits per heavy atom. The zero-order valence-corrected chi connectivity index (χ0v) is 13.2. The predicted molar refractivity (Wildman–Crippen MR) is 86.7 cm³/mol. The molecule has 112 valence electrons. The van der Waals surface area contributed by atoms with Gasteiger partial charge in [0.1, 0.15) is 0 Å². The molecule has 2 heterocycles. The summed E-state index contributed by atoms with van der Waals surface area (Å²) in [5, 5.41) is 14.7. The molecule has 0 aliphatic carbocycles. The second-order valence-electron chi connectivity index (χ2n) is 4.09. The molecule has 22 heavy (non-hydrogen) atoms. The normalized spacial score (nSPS) is 10.5. The Kier molecular flexibility index (Phi) is 4.28. The molecular formula is C13H8Cl2N4O2S. The number of rotatable bonds is 3. The summed E-state index contributed by atoms with van der Waals surface area (Å²) < 4.78 is 5.21. The fourth-order valence-electron chi connectivity index (χ4n) is 1.62. The summed E-state index contributed by atoms with van der Waals surface area (Å²) in [6.45, 7) is 0. The number of hydrogen-bond donors (Lipinski definition) is 2. The van der Waals surface area contributed by atoms with Crippen LogP contribution in [0.5, 0.6) is 0 Å². The first-order chi connectivity index (χ1) is 10.6. The molecule has 0 spiro atoms. The third-order valence-corrected chi connectivity index (χ3v) is 3.96. The van der Waals surface area contributed by atoms with Gasteiger partial charge in [-0.05, 0) is 30.3 Å². The first-order valence-corrected chi connectivity index (χ1v) is 7.59. The van der Waals surface area contributed by atoms with Crippen molar-refractivity contribution in [3.05, 3.63) is 46.6 Å². The van der Waals surface area contributed by atoms with Gasteiger partial charge in [-0.2, -0.15) is 0 Å². The Morgan fingerprint density at radius 2 is 2.05 bits per heavy atom. The lowest BCUT2D eigenvalue weighted by atomic mass is 10.3. The highest BCUT2D eigenvalue weighted by Crippen LogP contribution is 2.28. The number of aromatic nitrogens is 2. The van der Waals surface area contributed by atoms with Crippen molar-refractivity contribution in [1.82, 2.24) is 10.2 Å². The number of anilines is 2. The zero-order chi connectivity index (χ0) is 15.5. The van der Waals surface area contributed by atoms with E-state index in [9.17, 15) is 4.79 Å². The number of furan rings is 1. The maximum Gasteiger partial charge on any atom is 0.325 e. The number of benzene rings is 1. The quantitative estimate of drug-likeness (QED) is 0.711. The Labute approximate surface area is 139 Å². The van der Waals surface area contributed by atoms with Gasteiger partial charge in [-0.1, -0.05) is 34.5 Å². The summed E-state index contributed by atoms with van der Waals surface area (Å²) in [4.78, 5) is 11.9. The Hall–Kier alpha value is -2.09. The van der Waals surface area contributed by atoms with Gasteiger partial charge in [0.2, 0.25) is 5.13 Å². The summed E-state index contributed by atoms with van der Waals surface area (Å²) in [5.74, 6) is 0.590. The standard InChI is InChI=1S/C13H8Cl2N4O2S/c14-7-3-4-9(8(15)6-7)16-12(20)17-13-19-18-11(22-13)10-2-1-5-21-10/h1-6H,(H2,16,17,19,20). The van der Waals surface area contributed by atoms with E-state index in [1.54, 1.807) is 36.6 Å².